The lowest BCUT2D eigenvalue weighted by Crippen LogP contribution is -1.93. The summed E-state index contributed by atoms with van der Waals surface area (Å²) in [6, 6.07) is 9.17. The van der Waals surface area contributed by atoms with Crippen molar-refractivity contribution in [1.29, 1.82) is 0 Å². The molecule has 0 saturated heterocycles. The van der Waals surface area contributed by atoms with E-state index in [-0.39, 0.29) is 0 Å². The molecule has 24 heavy (non-hydrogen) atoms. The number of rotatable bonds is 6. The summed E-state index contributed by atoms with van der Waals surface area (Å²) in [4.78, 5) is 5.51. The fourth-order valence-corrected chi connectivity index (χ4v) is 7.97. The van der Waals surface area contributed by atoms with E-state index >= 15 is 0 Å². The number of thioether (sulfide) groups is 4. The SMILES string of the molecule is CSc1cc(SC)c(-c2ccc(-c3sc(SC)cc3SC)n2C)s1. The minimum atomic E-state index is 1.31. The normalized spacial score (nSPS) is 11.4. The van der Waals surface area contributed by atoms with Gasteiger partial charge in [0.05, 0.1) is 29.6 Å². The summed E-state index contributed by atoms with van der Waals surface area (Å²) in [7, 11) is 2.19. The summed E-state index contributed by atoms with van der Waals surface area (Å²) in [6.45, 7) is 0. The quantitative estimate of drug-likeness (QED) is 0.377. The molecule has 0 N–H and O–H groups in total. The van der Waals surface area contributed by atoms with Gasteiger partial charge in [0.15, 0.2) is 0 Å². The second-order valence-electron chi connectivity index (χ2n) is 5.00. The molecule has 0 aromatic carbocycles. The first-order valence-electron chi connectivity index (χ1n) is 7.23. The van der Waals surface area contributed by atoms with E-state index in [9.17, 15) is 0 Å². The molecule has 3 rings (SSSR count). The van der Waals surface area contributed by atoms with Crippen molar-refractivity contribution >= 4 is 69.7 Å². The number of hydrogen-bond donors (Lipinski definition) is 0. The van der Waals surface area contributed by atoms with E-state index in [2.05, 4.69) is 60.9 Å². The van der Waals surface area contributed by atoms with Gasteiger partial charge in [-0.2, -0.15) is 0 Å². The zero-order valence-electron chi connectivity index (χ0n) is 14.2. The number of thiophene rings is 2. The topological polar surface area (TPSA) is 4.93 Å². The van der Waals surface area contributed by atoms with Crippen LogP contribution in [0.4, 0.5) is 0 Å². The highest BCUT2D eigenvalue weighted by Gasteiger charge is 2.18. The summed E-state index contributed by atoms with van der Waals surface area (Å²) >= 11 is 11.1. The summed E-state index contributed by atoms with van der Waals surface area (Å²) in [5.41, 5.74) is 2.62. The molecule has 0 saturated carbocycles. The van der Waals surface area contributed by atoms with Crippen LogP contribution in [-0.2, 0) is 7.05 Å². The standard InChI is InChI=1S/C17H19NS6/c1-18-10(16-12(19-2)8-14(21-4)23-16)6-7-11(18)17-13(20-3)9-15(22-5)24-17/h6-9H,1-5H3. The average Bonchev–Trinajstić information content (AvgIpc) is 3.29. The third-order valence-corrected chi connectivity index (χ3v) is 10.0. The number of hydrogen-bond acceptors (Lipinski definition) is 6. The van der Waals surface area contributed by atoms with Gasteiger partial charge in [-0.05, 0) is 49.3 Å². The Bertz CT molecular complexity index is 774. The lowest BCUT2D eigenvalue weighted by Gasteiger charge is -2.08. The van der Waals surface area contributed by atoms with Crippen LogP contribution >= 0.6 is 69.7 Å². The Balaban J connectivity index is 2.09. The summed E-state index contributed by atoms with van der Waals surface area (Å²) in [6.07, 6.45) is 8.62. The van der Waals surface area contributed by atoms with Crippen LogP contribution in [0.1, 0.15) is 0 Å². The van der Waals surface area contributed by atoms with Gasteiger partial charge in [0.2, 0.25) is 0 Å². The summed E-state index contributed by atoms with van der Waals surface area (Å²) in [5, 5.41) is 0. The molecule has 0 bridgehead atoms. The molecule has 1 nitrogen and oxygen atoms in total. The molecule has 3 heterocycles. The first-order chi connectivity index (χ1) is 11.6. The fourth-order valence-electron chi connectivity index (χ4n) is 2.53. The molecule has 0 spiro atoms. The Morgan fingerprint density at radius 1 is 0.708 bits per heavy atom. The van der Waals surface area contributed by atoms with Crippen LogP contribution in [0.2, 0.25) is 0 Å². The second kappa shape index (κ2) is 8.18. The maximum Gasteiger partial charge on any atom is 0.0655 e. The van der Waals surface area contributed by atoms with E-state index in [1.54, 1.807) is 0 Å². The van der Waals surface area contributed by atoms with E-state index in [0.717, 1.165) is 0 Å². The lowest BCUT2D eigenvalue weighted by atomic mass is 10.3. The monoisotopic (exact) mass is 429 g/mol. The van der Waals surface area contributed by atoms with Gasteiger partial charge in [-0.15, -0.1) is 69.7 Å². The first-order valence-corrected chi connectivity index (χ1v) is 13.8. The minimum Gasteiger partial charge on any atom is -0.342 e. The Hall–Kier alpha value is 0.0800. The maximum atomic E-state index is 2.35. The molecule has 0 atom stereocenters. The molecular formula is C17H19NS6. The molecule has 0 aliphatic carbocycles. The highest BCUT2D eigenvalue weighted by atomic mass is 32.2. The molecule has 128 valence electrons. The zero-order valence-corrected chi connectivity index (χ0v) is 19.1. The van der Waals surface area contributed by atoms with Crippen molar-refractivity contribution < 1.29 is 0 Å². The van der Waals surface area contributed by atoms with E-state index in [0.29, 0.717) is 0 Å². The molecule has 0 radical (unpaired) electrons. The van der Waals surface area contributed by atoms with Gasteiger partial charge in [-0.1, -0.05) is 0 Å². The van der Waals surface area contributed by atoms with Gasteiger partial charge >= 0.3 is 0 Å². The second-order valence-corrected chi connectivity index (χ2v) is 11.0. The maximum absolute atomic E-state index is 2.35. The molecule has 0 fully saturated rings. The zero-order chi connectivity index (χ0) is 17.3. The van der Waals surface area contributed by atoms with Crippen molar-refractivity contribution in [1.82, 2.24) is 4.57 Å². The van der Waals surface area contributed by atoms with E-state index in [4.69, 9.17) is 0 Å². The highest BCUT2D eigenvalue weighted by molar-refractivity contribution is 8.01. The van der Waals surface area contributed by atoms with Gasteiger partial charge in [-0.25, -0.2) is 0 Å². The van der Waals surface area contributed by atoms with Gasteiger partial charge in [-0.3, -0.25) is 0 Å². The van der Waals surface area contributed by atoms with Crippen LogP contribution in [0.15, 0.2) is 42.5 Å². The predicted molar refractivity (Wildman–Crippen MR) is 119 cm³/mol. The molecular weight excluding hydrogens is 411 g/mol. The van der Waals surface area contributed by atoms with Gasteiger partial charge in [0.1, 0.15) is 0 Å². The largest absolute Gasteiger partial charge is 0.342 e. The Morgan fingerprint density at radius 2 is 1.12 bits per heavy atom. The number of nitrogens with zero attached hydrogens (tertiary/aromatic N) is 1. The Labute approximate surface area is 169 Å². The summed E-state index contributed by atoms with van der Waals surface area (Å²) < 4.78 is 5.11. The predicted octanol–water partition coefficient (Wildman–Crippen LogP) is 7.37. The third kappa shape index (κ3) is 3.48. The highest BCUT2D eigenvalue weighted by Crippen LogP contribution is 2.45. The minimum absolute atomic E-state index is 1.31. The first kappa shape index (κ1) is 18.9. The van der Waals surface area contributed by atoms with Crippen molar-refractivity contribution in [2.24, 2.45) is 7.05 Å². The Kier molecular flexibility index (Phi) is 6.43. The van der Waals surface area contributed by atoms with Crippen LogP contribution in [0.5, 0.6) is 0 Å². The van der Waals surface area contributed by atoms with Gasteiger partial charge in [0.25, 0.3) is 0 Å². The van der Waals surface area contributed by atoms with Crippen LogP contribution in [0.25, 0.3) is 21.1 Å². The van der Waals surface area contributed by atoms with Crippen molar-refractivity contribution in [2.75, 3.05) is 25.0 Å². The van der Waals surface area contributed by atoms with Crippen LogP contribution < -0.4 is 0 Å². The van der Waals surface area contributed by atoms with Crippen LogP contribution in [-0.4, -0.2) is 29.6 Å². The number of aromatic nitrogens is 1. The molecule has 0 unspecified atom stereocenters. The third-order valence-electron chi connectivity index (χ3n) is 3.78. The smallest absolute Gasteiger partial charge is 0.0655 e. The molecule has 3 aromatic rings. The van der Waals surface area contributed by atoms with Crippen molar-refractivity contribution in [3.05, 3.63) is 24.3 Å². The van der Waals surface area contributed by atoms with E-state index < -0.39 is 0 Å². The molecule has 0 aliphatic rings. The lowest BCUT2D eigenvalue weighted by molar-refractivity contribution is 0.946. The van der Waals surface area contributed by atoms with Crippen LogP contribution in [0.3, 0.4) is 0 Å². The molecule has 7 heteroatoms. The van der Waals surface area contributed by atoms with E-state index in [1.165, 1.54) is 39.4 Å². The Morgan fingerprint density at radius 3 is 1.46 bits per heavy atom. The van der Waals surface area contributed by atoms with Gasteiger partial charge < -0.3 is 4.57 Å². The van der Waals surface area contributed by atoms with Gasteiger partial charge in [0, 0.05) is 16.8 Å². The fraction of sp³-hybridized carbons (Fsp3) is 0.294. The molecule has 0 aliphatic heterocycles. The van der Waals surface area contributed by atoms with Crippen molar-refractivity contribution in [3.8, 4) is 21.1 Å². The average molecular weight is 430 g/mol. The van der Waals surface area contributed by atoms with Crippen molar-refractivity contribution in [3.63, 3.8) is 0 Å². The van der Waals surface area contributed by atoms with E-state index in [1.807, 2.05) is 69.7 Å². The molecule has 0 amide bonds. The summed E-state index contributed by atoms with van der Waals surface area (Å²) in [5.74, 6) is 0. The van der Waals surface area contributed by atoms with Crippen molar-refractivity contribution in [2.45, 2.75) is 18.2 Å². The van der Waals surface area contributed by atoms with Crippen LogP contribution in [0, 0.1) is 0 Å². The molecule has 3 aromatic heterocycles.